The number of amides is 3. The summed E-state index contributed by atoms with van der Waals surface area (Å²) in [5, 5.41) is 11.0. The van der Waals surface area contributed by atoms with Crippen LogP contribution in [0, 0.1) is 79.3 Å². The standard InChI is InChI=1S/C63H106N4O6.C10H21NO4S.Zn/c1-25-62(26-2,27-3)56(70)66-52-48(54(68)72-50-40(58(13,14)15)31-38(11)32-41(50)59(16,17)18)46(36(7)8)44(64-52)35-45-47(37(9)10)49(53(65-45)67-57(71)63(28-4,29-5)30-6)55(69)73-51-42(60(19,20)21)33-39(12)34-43(51)61(22,23)24;1-6-9(2,3)8(12)11-10(4,5)7-16(13,14)15;/h35-43,50-51H,25-34H2,1-24H3,(H3,64,65,66,67,68,69,70,71);6-7H2,1-5H3,(H,11,12)(H,13,14,15);/q;;+2/p-2. The quantitative estimate of drug-likeness (QED) is 0.0599. The van der Waals surface area contributed by atoms with Crippen molar-refractivity contribution in [1.82, 2.24) is 10.3 Å². The summed E-state index contributed by atoms with van der Waals surface area (Å²) in [6.45, 7) is 60.3. The zero-order chi connectivity index (χ0) is 68.9. The summed E-state index contributed by atoms with van der Waals surface area (Å²) in [6.07, 6.45) is 9.20. The van der Waals surface area contributed by atoms with Gasteiger partial charge in [-0.25, -0.2) is 18.0 Å². The van der Waals surface area contributed by atoms with E-state index in [2.05, 4.69) is 113 Å². The molecule has 510 valence electrons. The van der Waals surface area contributed by atoms with Gasteiger partial charge in [0.05, 0.1) is 21.4 Å². The van der Waals surface area contributed by atoms with E-state index < -0.39 is 49.6 Å². The summed E-state index contributed by atoms with van der Waals surface area (Å²) in [4.78, 5) is 80.3. The van der Waals surface area contributed by atoms with E-state index >= 15 is 9.59 Å². The second-order valence-corrected chi connectivity index (χ2v) is 34.8. The monoisotopic (exact) mass is 1330 g/mol. The second kappa shape index (κ2) is 31.2. The second-order valence-electron chi connectivity index (χ2n) is 33.4. The first-order chi connectivity index (χ1) is 40.4. The maximum atomic E-state index is 15.5. The fraction of sp³-hybridized carbons (Fsp3) is 0.808. The number of aromatic amines is 1. The van der Waals surface area contributed by atoms with Crippen LogP contribution in [0.25, 0.3) is 11.4 Å². The molecule has 90 heavy (non-hydrogen) atoms. The van der Waals surface area contributed by atoms with Gasteiger partial charge in [-0.05, 0) is 159 Å². The number of amidine groups is 1. The molecule has 17 heteroatoms. The predicted molar refractivity (Wildman–Crippen MR) is 364 cm³/mol. The largest absolute Gasteiger partial charge is 2.00 e. The van der Waals surface area contributed by atoms with E-state index in [1.54, 1.807) is 13.8 Å². The molecular weight excluding hydrogens is 1200 g/mol. The third-order valence-corrected chi connectivity index (χ3v) is 22.1. The molecule has 3 aliphatic rings. The van der Waals surface area contributed by atoms with Crippen LogP contribution in [0.15, 0.2) is 21.8 Å². The molecule has 1 aliphatic heterocycles. The van der Waals surface area contributed by atoms with Crippen LogP contribution in [-0.4, -0.2) is 77.0 Å². The minimum absolute atomic E-state index is 0. The Hall–Kier alpha value is -3.69. The summed E-state index contributed by atoms with van der Waals surface area (Å²) < 4.78 is 45.8. The molecule has 2 heterocycles. The van der Waals surface area contributed by atoms with Gasteiger partial charge in [0.2, 0.25) is 11.8 Å². The molecule has 2 saturated carbocycles. The average molecular weight is 1330 g/mol. The first-order valence-corrected chi connectivity index (χ1v) is 35.6. The summed E-state index contributed by atoms with van der Waals surface area (Å²) >= 11 is 0. The molecule has 0 spiro atoms. The van der Waals surface area contributed by atoms with Crippen LogP contribution in [-0.2, 0) is 58.2 Å². The Labute approximate surface area is 560 Å². The average Bonchev–Trinajstić information content (AvgIpc) is 1.42. The molecule has 3 N–H and O–H groups in total. The minimum Gasteiger partial charge on any atom is -0.748 e. The third-order valence-electron chi connectivity index (χ3n) is 21.0. The van der Waals surface area contributed by atoms with E-state index in [1.165, 1.54) is 13.8 Å². The van der Waals surface area contributed by atoms with Crippen molar-refractivity contribution in [3.05, 3.63) is 39.0 Å². The molecule has 0 bridgehead atoms. The molecule has 4 unspecified atom stereocenters. The third kappa shape index (κ3) is 20.2. The van der Waals surface area contributed by atoms with Crippen molar-refractivity contribution in [2.45, 2.75) is 295 Å². The van der Waals surface area contributed by atoms with Crippen molar-refractivity contribution in [2.24, 2.45) is 84.3 Å². The topological polar surface area (TPSA) is 227 Å². The molecule has 15 nitrogen and oxygen atoms in total. The van der Waals surface area contributed by atoms with Crippen molar-refractivity contribution in [3.8, 4) is 0 Å². The predicted octanol–water partition coefficient (Wildman–Crippen LogP) is 17.9. The number of hydrogen-bond acceptors (Lipinski definition) is 10. The van der Waals surface area contributed by atoms with Gasteiger partial charge in [0.25, 0.3) is 0 Å². The number of nitrogens with zero attached hydrogens (tertiary/aromatic N) is 2. The van der Waals surface area contributed by atoms with Gasteiger partial charge in [-0.3, -0.25) is 14.4 Å². The van der Waals surface area contributed by atoms with Crippen LogP contribution in [0.5, 0.6) is 0 Å². The molecule has 1 aromatic heterocycles. The SMILES string of the molecule is CCC(C)(C)C(=O)NC(C)(C)CS(=O)(=O)[O-].CCC(CC)(CC)C(=O)N=C1[N-]/C(=C\c2[nH]c(NC(=O)C(CC)(CC)CC)c(C(=O)OC3C(C(C)(C)C)CC(C)CC3C(C)(C)C)c2C(C)C)C(C(C)C)=C1C(=O)OC1C(C(C)(C)C)CC(C)CC1C(C)(C)C.[Zn+2]. The van der Waals surface area contributed by atoms with Crippen molar-refractivity contribution >= 4 is 57.5 Å². The molecule has 0 aromatic carbocycles. The van der Waals surface area contributed by atoms with Gasteiger partial charge in [0, 0.05) is 51.1 Å². The van der Waals surface area contributed by atoms with E-state index in [0.29, 0.717) is 84.9 Å². The smallest absolute Gasteiger partial charge is 0.748 e. The Morgan fingerprint density at radius 2 is 1.00 bits per heavy atom. The van der Waals surface area contributed by atoms with E-state index in [4.69, 9.17) is 19.8 Å². The van der Waals surface area contributed by atoms with Crippen molar-refractivity contribution in [2.75, 3.05) is 11.1 Å². The van der Waals surface area contributed by atoms with E-state index in [-0.39, 0.29) is 124 Å². The number of carbonyl (C=O) groups is 5. The Balaban J connectivity index is 0.00000142. The van der Waals surface area contributed by atoms with Crippen LogP contribution in [0.1, 0.15) is 299 Å². The molecule has 3 amide bonds. The molecule has 0 radical (unpaired) electrons. The summed E-state index contributed by atoms with van der Waals surface area (Å²) in [5.74, 6) is -1.11. The van der Waals surface area contributed by atoms with Crippen LogP contribution in [0.3, 0.4) is 0 Å². The number of esters is 2. The Bertz CT molecular complexity index is 2790. The number of carbonyl (C=O) groups excluding carboxylic acids is 5. The van der Waals surface area contributed by atoms with Gasteiger partial charge in [-0.1, -0.05) is 187 Å². The Kier molecular flexibility index (Phi) is 28.6. The van der Waals surface area contributed by atoms with Crippen LogP contribution < -0.4 is 10.6 Å². The number of H-pyrrole nitrogens is 1. The summed E-state index contributed by atoms with van der Waals surface area (Å²) in [6, 6.07) is 0. The number of rotatable bonds is 21. The first kappa shape index (κ1) is 82.4. The van der Waals surface area contributed by atoms with Gasteiger partial charge < -0.3 is 40.0 Å². The number of anilines is 1. The molecule has 4 rings (SSSR count). The molecule has 4 atom stereocenters. The van der Waals surface area contributed by atoms with Gasteiger partial charge in [0.15, 0.2) is 5.91 Å². The van der Waals surface area contributed by atoms with Crippen molar-refractivity contribution < 1.29 is 65.9 Å². The maximum Gasteiger partial charge on any atom is 2.00 e. The fourth-order valence-electron chi connectivity index (χ4n) is 14.3. The number of aromatic nitrogens is 1. The van der Waals surface area contributed by atoms with Crippen LogP contribution >= 0.6 is 0 Å². The van der Waals surface area contributed by atoms with Gasteiger partial charge >= 0.3 is 31.4 Å². The molecule has 1 aromatic rings. The number of nitrogens with one attached hydrogen (secondary N) is 3. The zero-order valence-corrected chi connectivity index (χ0v) is 65.7. The maximum absolute atomic E-state index is 15.5. The van der Waals surface area contributed by atoms with Crippen molar-refractivity contribution in [3.63, 3.8) is 0 Å². The Morgan fingerprint density at radius 1 is 0.611 bits per heavy atom. The zero-order valence-electron chi connectivity index (χ0n) is 61.9. The number of allylic oxidation sites excluding steroid dienone is 1. The van der Waals surface area contributed by atoms with E-state index in [9.17, 15) is 27.4 Å². The molecule has 0 saturated heterocycles. The number of aliphatic imine (C=N–C) groups is 1. The van der Waals surface area contributed by atoms with Gasteiger partial charge in [-0.2, -0.15) is 0 Å². The molecule has 2 fully saturated rings. The van der Waals surface area contributed by atoms with E-state index in [0.717, 1.165) is 25.7 Å². The Morgan fingerprint density at radius 3 is 1.33 bits per heavy atom. The summed E-state index contributed by atoms with van der Waals surface area (Å²) in [5.41, 5.74) is -0.718. The molecular formula is C73H125N5O10SZn. The summed E-state index contributed by atoms with van der Waals surface area (Å²) in [7, 11) is -4.34. The number of hydrogen-bond donors (Lipinski definition) is 3. The number of ether oxygens (including phenoxy) is 2. The minimum atomic E-state index is -4.34. The van der Waals surface area contributed by atoms with E-state index in [1.807, 2.05) is 82.2 Å². The van der Waals surface area contributed by atoms with Gasteiger partial charge in [0.1, 0.15) is 23.6 Å². The van der Waals surface area contributed by atoms with Crippen LogP contribution in [0.2, 0.25) is 0 Å². The van der Waals surface area contributed by atoms with Gasteiger partial charge in [-0.15, -0.1) is 0 Å². The fourth-order valence-corrected chi connectivity index (χ4v) is 15.2. The van der Waals surface area contributed by atoms with Crippen LogP contribution in [0.4, 0.5) is 5.82 Å². The molecule has 2 aliphatic carbocycles. The van der Waals surface area contributed by atoms with Crippen molar-refractivity contribution in [1.29, 1.82) is 0 Å². The first-order valence-electron chi connectivity index (χ1n) is 34.0. The normalized spacial score (nSPS) is 23.5.